The van der Waals surface area contributed by atoms with Gasteiger partial charge in [0, 0.05) is 16.4 Å². The molecule has 2 amide bonds. The maximum Gasteiger partial charge on any atom is 0.323 e. The molecule has 0 heterocycles. The number of aromatic hydroxyl groups is 1. The number of amides is 2. The molecule has 3 aromatic carbocycles. The number of benzene rings is 3. The fourth-order valence-electron chi connectivity index (χ4n) is 2.54. The molecule has 0 saturated heterocycles. The molecule has 0 fully saturated rings. The zero-order valence-corrected chi connectivity index (χ0v) is 19.1. The van der Waals surface area contributed by atoms with Crippen molar-refractivity contribution in [2.24, 2.45) is 0 Å². The molecule has 158 valence electrons. The fourth-order valence-corrected chi connectivity index (χ4v) is 2.97. The van der Waals surface area contributed by atoms with Crippen molar-refractivity contribution in [3.8, 4) is 5.75 Å². The molecule has 3 rings (SSSR count). The van der Waals surface area contributed by atoms with Gasteiger partial charge in [0.2, 0.25) is 0 Å². The molecule has 30 heavy (non-hydrogen) atoms. The first-order valence-electron chi connectivity index (χ1n) is 9.24. The zero-order chi connectivity index (χ0) is 22.3. The Kier molecular flexibility index (Phi) is 8.85. The third-order valence-electron chi connectivity index (χ3n) is 4.09. The van der Waals surface area contributed by atoms with Crippen LogP contribution in [0, 0.1) is 6.92 Å². The van der Waals surface area contributed by atoms with Gasteiger partial charge in [0.1, 0.15) is 5.75 Å². The van der Waals surface area contributed by atoms with Gasteiger partial charge in [0.05, 0.1) is 10.0 Å². The Morgan fingerprint density at radius 1 is 0.833 bits per heavy atom. The highest BCUT2D eigenvalue weighted by molar-refractivity contribution is 6.42. The molecule has 0 aliphatic rings. The van der Waals surface area contributed by atoms with Crippen molar-refractivity contribution in [1.29, 1.82) is 0 Å². The van der Waals surface area contributed by atoms with Crippen LogP contribution < -0.4 is 10.6 Å². The first-order chi connectivity index (χ1) is 14.2. The van der Waals surface area contributed by atoms with E-state index in [0.717, 1.165) is 11.1 Å². The third kappa shape index (κ3) is 7.45. The van der Waals surface area contributed by atoms with Crippen molar-refractivity contribution in [3.05, 3.63) is 86.9 Å². The molecule has 0 saturated carbocycles. The molecule has 7 heteroatoms. The number of carbonyl (C=O) groups excluding carboxylic acids is 1. The maximum absolute atomic E-state index is 11.7. The zero-order valence-electron chi connectivity index (χ0n) is 16.8. The Morgan fingerprint density at radius 3 is 2.00 bits per heavy atom. The molecule has 0 radical (unpaired) electrons. The van der Waals surface area contributed by atoms with Crippen LogP contribution in [-0.4, -0.2) is 11.1 Å². The lowest BCUT2D eigenvalue weighted by Crippen LogP contribution is -2.19. The minimum absolute atomic E-state index is 0.374. The number of carbonyl (C=O) groups is 1. The summed E-state index contributed by atoms with van der Waals surface area (Å²) in [6.45, 7) is 6.12. The number of anilines is 2. The molecule has 0 bridgehead atoms. The van der Waals surface area contributed by atoms with Gasteiger partial charge in [-0.05, 0) is 72.5 Å². The Bertz CT molecular complexity index is 1010. The van der Waals surface area contributed by atoms with Crippen LogP contribution in [0.5, 0.6) is 5.75 Å². The van der Waals surface area contributed by atoms with Crippen LogP contribution in [0.15, 0.2) is 60.7 Å². The summed E-state index contributed by atoms with van der Waals surface area (Å²) in [4.78, 5) is 11.7. The summed E-state index contributed by atoms with van der Waals surface area (Å²) in [5.74, 6) is 0.815. The SMILES string of the molecule is Cc1ccc(C(C)C)c(O)c1.O=C(Nc1ccc(Cl)cc1)Nc1ccc(Cl)c(Cl)c1. The van der Waals surface area contributed by atoms with Crippen LogP contribution in [0.2, 0.25) is 15.1 Å². The number of hydrogen-bond acceptors (Lipinski definition) is 2. The largest absolute Gasteiger partial charge is 0.508 e. The summed E-state index contributed by atoms with van der Waals surface area (Å²) in [6, 6.07) is 17.1. The maximum atomic E-state index is 11.7. The average molecular weight is 466 g/mol. The highest BCUT2D eigenvalue weighted by atomic mass is 35.5. The van der Waals surface area contributed by atoms with Crippen molar-refractivity contribution in [2.45, 2.75) is 26.7 Å². The molecular weight excluding hydrogens is 443 g/mol. The molecule has 0 spiro atoms. The first kappa shape index (κ1) is 23.9. The van der Waals surface area contributed by atoms with E-state index in [1.54, 1.807) is 48.5 Å². The van der Waals surface area contributed by atoms with E-state index in [1.165, 1.54) is 0 Å². The van der Waals surface area contributed by atoms with Gasteiger partial charge in [0.15, 0.2) is 0 Å². The molecule has 0 aliphatic heterocycles. The van der Waals surface area contributed by atoms with Gasteiger partial charge in [-0.3, -0.25) is 0 Å². The van der Waals surface area contributed by atoms with E-state index in [2.05, 4.69) is 24.5 Å². The second kappa shape index (κ2) is 11.1. The number of nitrogens with one attached hydrogen (secondary N) is 2. The van der Waals surface area contributed by atoms with Crippen molar-refractivity contribution in [2.75, 3.05) is 10.6 Å². The Hall–Kier alpha value is -2.40. The smallest absolute Gasteiger partial charge is 0.323 e. The monoisotopic (exact) mass is 464 g/mol. The van der Waals surface area contributed by atoms with E-state index >= 15 is 0 Å². The van der Waals surface area contributed by atoms with Gasteiger partial charge in [-0.2, -0.15) is 0 Å². The summed E-state index contributed by atoms with van der Waals surface area (Å²) in [6.07, 6.45) is 0. The predicted molar refractivity (Wildman–Crippen MR) is 127 cm³/mol. The predicted octanol–water partition coefficient (Wildman–Crippen LogP) is 8.11. The number of hydrogen-bond donors (Lipinski definition) is 3. The van der Waals surface area contributed by atoms with Crippen LogP contribution in [0.3, 0.4) is 0 Å². The van der Waals surface area contributed by atoms with Crippen LogP contribution in [0.25, 0.3) is 0 Å². The van der Waals surface area contributed by atoms with Crippen LogP contribution >= 0.6 is 34.8 Å². The average Bonchev–Trinajstić information content (AvgIpc) is 2.67. The van der Waals surface area contributed by atoms with Gasteiger partial charge in [-0.25, -0.2) is 4.79 Å². The lowest BCUT2D eigenvalue weighted by Gasteiger charge is -2.08. The van der Waals surface area contributed by atoms with E-state index in [9.17, 15) is 9.90 Å². The van der Waals surface area contributed by atoms with E-state index in [0.29, 0.717) is 38.1 Å². The molecule has 4 nitrogen and oxygen atoms in total. The second-order valence-electron chi connectivity index (χ2n) is 6.93. The van der Waals surface area contributed by atoms with Crippen molar-refractivity contribution >= 4 is 52.2 Å². The normalized spacial score (nSPS) is 10.2. The molecule has 0 atom stereocenters. The highest BCUT2D eigenvalue weighted by Crippen LogP contribution is 2.26. The number of phenolic OH excluding ortho intramolecular Hbond substituents is 1. The van der Waals surface area contributed by atoms with Crippen LogP contribution in [-0.2, 0) is 0 Å². The van der Waals surface area contributed by atoms with E-state index in [1.807, 2.05) is 19.1 Å². The van der Waals surface area contributed by atoms with Gasteiger partial charge in [0.25, 0.3) is 0 Å². The van der Waals surface area contributed by atoms with Crippen molar-refractivity contribution < 1.29 is 9.90 Å². The summed E-state index contributed by atoms with van der Waals surface area (Å²) < 4.78 is 0. The summed E-state index contributed by atoms with van der Waals surface area (Å²) in [5, 5.41) is 16.2. The Labute approximate surface area is 191 Å². The van der Waals surface area contributed by atoms with Gasteiger partial charge in [-0.15, -0.1) is 0 Å². The molecule has 0 unspecified atom stereocenters. The number of urea groups is 1. The van der Waals surface area contributed by atoms with Gasteiger partial charge in [-0.1, -0.05) is 60.8 Å². The molecule has 3 N–H and O–H groups in total. The minimum Gasteiger partial charge on any atom is -0.508 e. The highest BCUT2D eigenvalue weighted by Gasteiger charge is 2.05. The molecule has 0 aromatic heterocycles. The number of rotatable bonds is 3. The molecule has 0 aliphatic carbocycles. The lowest BCUT2D eigenvalue weighted by atomic mass is 10.0. The van der Waals surface area contributed by atoms with E-state index in [-0.39, 0.29) is 6.03 Å². The Balaban J connectivity index is 0.000000248. The lowest BCUT2D eigenvalue weighted by molar-refractivity contribution is 0.262. The second-order valence-corrected chi connectivity index (χ2v) is 8.18. The van der Waals surface area contributed by atoms with Gasteiger partial charge >= 0.3 is 6.03 Å². The fraction of sp³-hybridized carbons (Fsp3) is 0.174. The quantitative estimate of drug-likeness (QED) is 0.366. The standard InChI is InChI=1S/C13H9Cl3N2O.C10H14O/c14-8-1-3-9(4-2-8)17-13(19)18-10-5-6-11(15)12(16)7-10;1-7(2)9-5-4-8(3)6-10(9)11/h1-7H,(H2,17,18,19);4-7,11H,1-3H3. The Morgan fingerprint density at radius 2 is 1.43 bits per heavy atom. The van der Waals surface area contributed by atoms with Crippen molar-refractivity contribution in [3.63, 3.8) is 0 Å². The van der Waals surface area contributed by atoms with Crippen LogP contribution in [0.1, 0.15) is 30.9 Å². The van der Waals surface area contributed by atoms with Crippen LogP contribution in [0.4, 0.5) is 16.2 Å². The number of phenols is 1. The molecule has 3 aromatic rings. The summed E-state index contributed by atoms with van der Waals surface area (Å²) in [5.41, 5.74) is 3.32. The number of halogens is 3. The van der Waals surface area contributed by atoms with E-state index in [4.69, 9.17) is 34.8 Å². The number of aryl methyl sites for hydroxylation is 1. The molecular formula is C23H23Cl3N2O2. The topological polar surface area (TPSA) is 61.4 Å². The van der Waals surface area contributed by atoms with Crippen molar-refractivity contribution in [1.82, 2.24) is 0 Å². The van der Waals surface area contributed by atoms with E-state index < -0.39 is 0 Å². The third-order valence-corrected chi connectivity index (χ3v) is 5.08. The minimum atomic E-state index is -0.374. The first-order valence-corrected chi connectivity index (χ1v) is 10.4. The van der Waals surface area contributed by atoms with Gasteiger partial charge < -0.3 is 15.7 Å². The summed E-state index contributed by atoms with van der Waals surface area (Å²) >= 11 is 17.4. The summed E-state index contributed by atoms with van der Waals surface area (Å²) in [7, 11) is 0.